The van der Waals surface area contributed by atoms with Gasteiger partial charge in [0.15, 0.2) is 5.11 Å². The molecule has 0 aliphatic rings. The maximum Gasteiger partial charge on any atom is 0.238 e. The van der Waals surface area contributed by atoms with Gasteiger partial charge in [-0.05, 0) is 73.9 Å². The molecule has 0 spiro atoms. The van der Waals surface area contributed by atoms with Gasteiger partial charge in [0.2, 0.25) is 17.7 Å². The zero-order valence-corrected chi connectivity index (χ0v) is 21.1. The lowest BCUT2D eigenvalue weighted by Crippen LogP contribution is -2.48. The summed E-state index contributed by atoms with van der Waals surface area (Å²) in [6.45, 7) is 4.21. The first-order valence-electron chi connectivity index (χ1n) is 10.5. The van der Waals surface area contributed by atoms with Crippen LogP contribution in [0.3, 0.4) is 0 Å². The number of halogens is 2. The molecule has 2 aromatic rings. The van der Waals surface area contributed by atoms with Gasteiger partial charge in [0, 0.05) is 30.0 Å². The molecule has 11 heteroatoms. The summed E-state index contributed by atoms with van der Waals surface area (Å²) in [5, 5.41) is 6.04. The van der Waals surface area contributed by atoms with Crippen molar-refractivity contribution in [2.24, 2.45) is 0 Å². The number of hydrogen-bond acceptors (Lipinski definition) is 5. The lowest BCUT2D eigenvalue weighted by molar-refractivity contribution is -0.124. The minimum atomic E-state index is -0.444. The first-order chi connectivity index (χ1) is 16.1. The third kappa shape index (κ3) is 9.94. The van der Waals surface area contributed by atoms with Crippen LogP contribution < -0.4 is 26.2 Å². The second-order valence-corrected chi connectivity index (χ2v) is 8.68. The van der Waals surface area contributed by atoms with E-state index in [2.05, 4.69) is 21.5 Å². The third-order valence-corrected chi connectivity index (χ3v) is 5.37. The number of anilines is 1. The summed E-state index contributed by atoms with van der Waals surface area (Å²) in [5.41, 5.74) is 7.65. The summed E-state index contributed by atoms with van der Waals surface area (Å²) in [6.07, 6.45) is 0.525. The van der Waals surface area contributed by atoms with Gasteiger partial charge in [-0.15, -0.1) is 0 Å². The summed E-state index contributed by atoms with van der Waals surface area (Å²) in [4.78, 5) is 35.9. The molecule has 2 aromatic carbocycles. The summed E-state index contributed by atoms with van der Waals surface area (Å²) >= 11 is 16.8. The van der Waals surface area contributed by atoms with E-state index < -0.39 is 5.91 Å². The minimum Gasteiger partial charge on any atom is -0.492 e. The minimum absolute atomic E-state index is 0.00278. The van der Waals surface area contributed by atoms with Crippen LogP contribution in [0.4, 0.5) is 5.69 Å². The molecule has 0 aliphatic carbocycles. The molecule has 8 nitrogen and oxygen atoms in total. The average Bonchev–Trinajstić information content (AvgIpc) is 2.77. The molecule has 0 aromatic heterocycles. The van der Waals surface area contributed by atoms with Crippen LogP contribution >= 0.6 is 35.4 Å². The van der Waals surface area contributed by atoms with Gasteiger partial charge in [-0.3, -0.25) is 25.2 Å². The highest BCUT2D eigenvalue weighted by atomic mass is 35.5. The molecule has 0 saturated heterocycles. The number of thiocarbonyl (C=S) groups is 1. The van der Waals surface area contributed by atoms with Crippen LogP contribution in [0, 0.1) is 13.8 Å². The van der Waals surface area contributed by atoms with Gasteiger partial charge in [0.25, 0.3) is 0 Å². The van der Waals surface area contributed by atoms with E-state index >= 15 is 0 Å². The molecule has 0 aliphatic heterocycles. The van der Waals surface area contributed by atoms with E-state index in [1.165, 1.54) is 0 Å². The molecule has 0 radical (unpaired) electrons. The second kappa shape index (κ2) is 13.7. The standard InChI is InChI=1S/C23H26Cl2N4O4S/c1-14-5-7-17(12-15(14)2)26-21(31)9-10-22(32)28-29-23(34)27-20(30)4-3-11-33-19-8-6-16(24)13-18(19)25/h5-8,12-13H,3-4,9-11H2,1-2H3,(H,26,31)(H,28,32)(H2,27,29,30,34). The Kier molecular flexibility index (Phi) is 11.1. The Labute approximate surface area is 213 Å². The van der Waals surface area contributed by atoms with Gasteiger partial charge in [-0.1, -0.05) is 29.3 Å². The number of aryl methyl sites for hydroxylation is 2. The Balaban J connectivity index is 1.58. The van der Waals surface area contributed by atoms with Crippen LogP contribution in [0.15, 0.2) is 36.4 Å². The number of hydrogen-bond donors (Lipinski definition) is 4. The summed E-state index contributed by atoms with van der Waals surface area (Å²) in [5.74, 6) is -0.587. The molecule has 34 heavy (non-hydrogen) atoms. The molecule has 4 N–H and O–H groups in total. The molecule has 2 rings (SSSR count). The Morgan fingerprint density at radius 2 is 1.62 bits per heavy atom. The van der Waals surface area contributed by atoms with E-state index in [1.54, 1.807) is 18.2 Å². The number of amides is 3. The van der Waals surface area contributed by atoms with Crippen LogP contribution in [0.2, 0.25) is 10.0 Å². The number of ether oxygens (including phenoxy) is 1. The predicted molar refractivity (Wildman–Crippen MR) is 137 cm³/mol. The molecule has 182 valence electrons. The highest BCUT2D eigenvalue weighted by molar-refractivity contribution is 7.80. The van der Waals surface area contributed by atoms with Crippen molar-refractivity contribution in [2.75, 3.05) is 11.9 Å². The lowest BCUT2D eigenvalue weighted by atomic mass is 10.1. The largest absolute Gasteiger partial charge is 0.492 e. The maximum absolute atomic E-state index is 12.0. The van der Waals surface area contributed by atoms with Gasteiger partial charge in [-0.25, -0.2) is 0 Å². The highest BCUT2D eigenvalue weighted by Gasteiger charge is 2.10. The molecule has 0 heterocycles. The highest BCUT2D eigenvalue weighted by Crippen LogP contribution is 2.27. The Bertz CT molecular complexity index is 1070. The fourth-order valence-corrected chi connectivity index (χ4v) is 3.31. The van der Waals surface area contributed by atoms with E-state index in [0.717, 1.165) is 11.1 Å². The fraction of sp³-hybridized carbons (Fsp3) is 0.304. The molecule has 3 amide bonds. The van der Waals surface area contributed by atoms with E-state index in [-0.39, 0.29) is 42.8 Å². The first-order valence-corrected chi connectivity index (χ1v) is 11.6. The Hall–Kier alpha value is -2.88. The van der Waals surface area contributed by atoms with E-state index in [1.807, 2.05) is 32.0 Å². The quantitative estimate of drug-likeness (QED) is 0.222. The Morgan fingerprint density at radius 1 is 0.882 bits per heavy atom. The fourth-order valence-electron chi connectivity index (χ4n) is 2.69. The Morgan fingerprint density at radius 3 is 2.32 bits per heavy atom. The molecule has 0 saturated carbocycles. The van der Waals surface area contributed by atoms with Gasteiger partial charge < -0.3 is 15.4 Å². The van der Waals surface area contributed by atoms with Crippen molar-refractivity contribution < 1.29 is 19.1 Å². The summed E-state index contributed by atoms with van der Waals surface area (Å²) < 4.78 is 5.51. The molecular formula is C23H26Cl2N4O4S. The zero-order chi connectivity index (χ0) is 25.1. The molecule has 0 bridgehead atoms. The van der Waals surface area contributed by atoms with Gasteiger partial charge in [0.1, 0.15) is 5.75 Å². The van der Waals surface area contributed by atoms with Gasteiger partial charge >= 0.3 is 0 Å². The summed E-state index contributed by atoms with van der Waals surface area (Å²) in [7, 11) is 0. The monoisotopic (exact) mass is 524 g/mol. The van der Waals surface area contributed by atoms with E-state index in [4.69, 9.17) is 40.2 Å². The lowest BCUT2D eigenvalue weighted by Gasteiger charge is -2.11. The molecule has 0 atom stereocenters. The van der Waals surface area contributed by atoms with Crippen molar-refractivity contribution in [1.82, 2.24) is 16.2 Å². The third-order valence-electron chi connectivity index (χ3n) is 4.64. The normalized spacial score (nSPS) is 10.2. The molecule has 0 fully saturated rings. The first kappa shape index (κ1) is 27.4. The van der Waals surface area contributed by atoms with Gasteiger partial charge in [-0.2, -0.15) is 0 Å². The van der Waals surface area contributed by atoms with Crippen molar-refractivity contribution in [1.29, 1.82) is 0 Å². The number of nitrogens with one attached hydrogen (secondary N) is 4. The van der Waals surface area contributed by atoms with Crippen molar-refractivity contribution in [3.8, 4) is 5.75 Å². The second-order valence-electron chi connectivity index (χ2n) is 7.42. The molecular weight excluding hydrogens is 499 g/mol. The van der Waals surface area contributed by atoms with Crippen LogP contribution in [-0.2, 0) is 14.4 Å². The summed E-state index contributed by atoms with van der Waals surface area (Å²) in [6, 6.07) is 10.5. The van der Waals surface area contributed by atoms with Crippen molar-refractivity contribution in [2.45, 2.75) is 39.5 Å². The topological polar surface area (TPSA) is 109 Å². The zero-order valence-electron chi connectivity index (χ0n) is 18.8. The number of benzene rings is 2. The van der Waals surface area contributed by atoms with Crippen LogP contribution in [0.1, 0.15) is 36.8 Å². The van der Waals surface area contributed by atoms with Crippen molar-refractivity contribution in [3.63, 3.8) is 0 Å². The van der Waals surface area contributed by atoms with Crippen molar-refractivity contribution in [3.05, 3.63) is 57.6 Å². The number of carbonyl (C=O) groups excluding carboxylic acids is 3. The van der Waals surface area contributed by atoms with Crippen LogP contribution in [0.5, 0.6) is 5.75 Å². The van der Waals surface area contributed by atoms with Crippen molar-refractivity contribution >= 4 is 63.9 Å². The molecule has 0 unspecified atom stereocenters. The number of hydrazine groups is 1. The average molecular weight is 525 g/mol. The SMILES string of the molecule is Cc1ccc(NC(=O)CCC(=O)NNC(=S)NC(=O)CCCOc2ccc(Cl)cc2Cl)cc1C. The van der Waals surface area contributed by atoms with E-state index in [0.29, 0.717) is 27.9 Å². The maximum atomic E-state index is 12.0. The predicted octanol–water partition coefficient (Wildman–Crippen LogP) is 4.21. The number of rotatable bonds is 9. The van der Waals surface area contributed by atoms with Crippen LogP contribution in [0.25, 0.3) is 0 Å². The number of carbonyl (C=O) groups is 3. The smallest absolute Gasteiger partial charge is 0.238 e. The van der Waals surface area contributed by atoms with Gasteiger partial charge in [0.05, 0.1) is 11.6 Å². The van der Waals surface area contributed by atoms with Crippen LogP contribution in [-0.4, -0.2) is 29.4 Å². The van der Waals surface area contributed by atoms with E-state index in [9.17, 15) is 14.4 Å².